The third kappa shape index (κ3) is 8.52. The molecule has 7 nitrogen and oxygen atoms in total. The summed E-state index contributed by atoms with van der Waals surface area (Å²) in [5, 5.41) is 2.69. The Morgan fingerprint density at radius 2 is 1.89 bits per heavy atom. The molecule has 0 saturated heterocycles. The zero-order valence-electron chi connectivity index (χ0n) is 20.9. The molecular weight excluding hydrogens is 471 g/mol. The Balaban J connectivity index is 2.18. The van der Waals surface area contributed by atoms with Crippen LogP contribution in [0.3, 0.4) is 0 Å². The zero-order valence-corrected chi connectivity index (χ0v) is 21.8. The van der Waals surface area contributed by atoms with Gasteiger partial charge in [-0.2, -0.15) is 0 Å². The minimum Gasteiger partial charge on any atom is -0.465 e. The van der Waals surface area contributed by atoms with Gasteiger partial charge >= 0.3 is 0 Å². The molecule has 0 fully saturated rings. The Morgan fingerprint density at radius 3 is 2.46 bits per heavy atom. The molecule has 0 heterocycles. The lowest BCUT2D eigenvalue weighted by atomic mass is 9.86. The first kappa shape index (κ1) is 28.1. The Hall–Kier alpha value is -3.17. The Labute approximate surface area is 207 Å². The lowest BCUT2D eigenvalue weighted by Gasteiger charge is -2.22. The topological polar surface area (TPSA) is 93.7 Å². The minimum absolute atomic E-state index is 0.0348. The third-order valence-electron chi connectivity index (χ3n) is 5.07. The molecule has 2 aromatic carbocycles. The van der Waals surface area contributed by atoms with Crippen LogP contribution in [0, 0.1) is 5.82 Å². The van der Waals surface area contributed by atoms with Crippen molar-refractivity contribution in [3.63, 3.8) is 0 Å². The second-order valence-electron chi connectivity index (χ2n) is 9.10. The monoisotopic (exact) mass is 504 g/mol. The molecule has 2 N–H and O–H groups in total. The van der Waals surface area contributed by atoms with Gasteiger partial charge in [0.25, 0.3) is 0 Å². The number of halogens is 1. The molecule has 9 heteroatoms. The Bertz CT molecular complexity index is 1220. The highest BCUT2D eigenvalue weighted by Gasteiger charge is 2.17. The van der Waals surface area contributed by atoms with Gasteiger partial charge in [-0.05, 0) is 47.7 Å². The predicted molar refractivity (Wildman–Crippen MR) is 138 cm³/mol. The van der Waals surface area contributed by atoms with Crippen LogP contribution in [-0.2, 0) is 31.5 Å². The number of carbonyl (C=O) groups excluding carboxylic acids is 1. The van der Waals surface area contributed by atoms with E-state index in [1.165, 1.54) is 12.2 Å². The van der Waals surface area contributed by atoms with Crippen LogP contribution in [0.1, 0.15) is 49.9 Å². The molecule has 0 spiro atoms. The first-order chi connectivity index (χ1) is 16.2. The van der Waals surface area contributed by atoms with Crippen molar-refractivity contribution in [3.05, 3.63) is 71.1 Å². The number of nitrogens with one attached hydrogen (secondary N) is 2. The van der Waals surface area contributed by atoms with Crippen LogP contribution < -0.4 is 14.8 Å². The van der Waals surface area contributed by atoms with Gasteiger partial charge in [0.15, 0.2) is 6.29 Å². The number of rotatable bonds is 10. The minimum atomic E-state index is -3.66. The summed E-state index contributed by atoms with van der Waals surface area (Å²) in [5.74, 6) is -0.572. The highest BCUT2D eigenvalue weighted by Crippen LogP contribution is 2.30. The highest BCUT2D eigenvalue weighted by molar-refractivity contribution is 7.92. The van der Waals surface area contributed by atoms with E-state index in [0.717, 1.165) is 17.9 Å². The van der Waals surface area contributed by atoms with E-state index in [4.69, 9.17) is 9.47 Å². The molecule has 0 aliphatic heterocycles. The number of sulfonamides is 1. The van der Waals surface area contributed by atoms with Crippen molar-refractivity contribution in [1.82, 2.24) is 5.32 Å². The van der Waals surface area contributed by atoms with Crippen LogP contribution in [0.15, 0.2) is 43.0 Å². The Kier molecular flexibility index (Phi) is 9.23. The number of ether oxygens (including phenoxy) is 2. The zero-order chi connectivity index (χ0) is 26.4. The molecule has 1 amide bonds. The van der Waals surface area contributed by atoms with Crippen molar-refractivity contribution in [2.45, 2.75) is 45.9 Å². The summed E-state index contributed by atoms with van der Waals surface area (Å²) in [4.78, 5) is 12.4. The number of anilines is 1. The maximum atomic E-state index is 14.5. The highest BCUT2D eigenvalue weighted by atomic mass is 32.2. The van der Waals surface area contributed by atoms with E-state index in [-0.39, 0.29) is 23.2 Å². The van der Waals surface area contributed by atoms with E-state index in [9.17, 15) is 17.6 Å². The molecule has 1 atom stereocenters. The molecule has 1 unspecified atom stereocenters. The van der Waals surface area contributed by atoms with Gasteiger partial charge < -0.3 is 14.8 Å². The van der Waals surface area contributed by atoms with Crippen LogP contribution in [0.4, 0.5) is 10.1 Å². The smallest absolute Gasteiger partial charge is 0.244 e. The second kappa shape index (κ2) is 11.5. The van der Waals surface area contributed by atoms with Gasteiger partial charge in [-0.25, -0.2) is 12.8 Å². The van der Waals surface area contributed by atoms with Crippen LogP contribution >= 0.6 is 0 Å². The number of benzene rings is 2. The molecule has 190 valence electrons. The number of hydrogen-bond acceptors (Lipinski definition) is 5. The fraction of sp³-hybridized carbons (Fsp3) is 0.346. The van der Waals surface area contributed by atoms with E-state index in [2.05, 4.69) is 37.4 Å². The molecule has 2 rings (SSSR count). The summed E-state index contributed by atoms with van der Waals surface area (Å²) in [5.41, 5.74) is 2.22. The van der Waals surface area contributed by atoms with Crippen molar-refractivity contribution >= 4 is 33.8 Å². The van der Waals surface area contributed by atoms with Gasteiger partial charge in [-0.15, -0.1) is 0 Å². The quantitative estimate of drug-likeness (QED) is 0.357. The van der Waals surface area contributed by atoms with Gasteiger partial charge in [-0.3, -0.25) is 9.52 Å². The summed E-state index contributed by atoms with van der Waals surface area (Å²) in [6.45, 7) is 11.7. The number of hydrogen-bond donors (Lipinski definition) is 2. The standard InChI is InChI=1S/C26H33FN2O5S/c1-8-19-13-18(14-22(27)25(19)29-35(7,31)32)16-28-24(30)12-10-20-9-11-21(26(3,4)5)15-23(20)34-17(2)33-6/h8-15,17,29H,1,16H2,2-7H3,(H,28,30)/b12-10+. The Morgan fingerprint density at radius 1 is 1.20 bits per heavy atom. The average molecular weight is 505 g/mol. The van der Waals surface area contributed by atoms with E-state index in [1.54, 1.807) is 26.2 Å². The number of carbonyl (C=O) groups is 1. The van der Waals surface area contributed by atoms with Crippen molar-refractivity contribution in [1.29, 1.82) is 0 Å². The third-order valence-corrected chi connectivity index (χ3v) is 5.65. The molecule has 35 heavy (non-hydrogen) atoms. The van der Waals surface area contributed by atoms with Gasteiger partial charge in [0.2, 0.25) is 15.9 Å². The van der Waals surface area contributed by atoms with Crippen LogP contribution in [-0.4, -0.2) is 34.0 Å². The summed E-state index contributed by atoms with van der Waals surface area (Å²) >= 11 is 0. The van der Waals surface area contributed by atoms with Crippen molar-refractivity contribution in [2.75, 3.05) is 18.1 Å². The molecule has 0 aromatic heterocycles. The fourth-order valence-corrected chi connectivity index (χ4v) is 3.71. The van der Waals surface area contributed by atoms with Gasteiger partial charge in [-0.1, -0.05) is 45.6 Å². The van der Waals surface area contributed by atoms with E-state index in [1.807, 2.05) is 18.2 Å². The molecule has 0 aliphatic rings. The maximum absolute atomic E-state index is 14.5. The SMILES string of the molecule is C=Cc1cc(CNC(=O)/C=C/c2ccc(C(C)(C)C)cc2OC(C)OC)cc(F)c1NS(C)(=O)=O. The summed E-state index contributed by atoms with van der Waals surface area (Å²) < 4.78 is 50.7. The molecule has 0 radical (unpaired) electrons. The van der Waals surface area contributed by atoms with Crippen LogP contribution in [0.5, 0.6) is 5.75 Å². The largest absolute Gasteiger partial charge is 0.465 e. The average Bonchev–Trinajstić information content (AvgIpc) is 2.76. The van der Waals surface area contributed by atoms with Crippen molar-refractivity contribution in [3.8, 4) is 5.75 Å². The summed E-state index contributed by atoms with van der Waals surface area (Å²) in [6.07, 6.45) is 4.80. The van der Waals surface area contributed by atoms with Gasteiger partial charge in [0.1, 0.15) is 11.6 Å². The molecule has 0 bridgehead atoms. The van der Waals surface area contributed by atoms with Crippen molar-refractivity contribution in [2.24, 2.45) is 0 Å². The molecule has 0 saturated carbocycles. The van der Waals surface area contributed by atoms with E-state index in [0.29, 0.717) is 16.9 Å². The van der Waals surface area contributed by atoms with Crippen LogP contribution in [0.2, 0.25) is 0 Å². The van der Waals surface area contributed by atoms with E-state index < -0.39 is 28.0 Å². The predicted octanol–water partition coefficient (Wildman–Crippen LogP) is 4.84. The first-order valence-electron chi connectivity index (χ1n) is 11.0. The maximum Gasteiger partial charge on any atom is 0.244 e. The van der Waals surface area contributed by atoms with Crippen LogP contribution in [0.25, 0.3) is 12.2 Å². The van der Waals surface area contributed by atoms with E-state index >= 15 is 0 Å². The van der Waals surface area contributed by atoms with Crippen molar-refractivity contribution < 1.29 is 27.1 Å². The first-order valence-corrected chi connectivity index (χ1v) is 12.8. The summed E-state index contributed by atoms with van der Waals surface area (Å²) in [7, 11) is -2.12. The normalized spacial score (nSPS) is 12.9. The lowest BCUT2D eigenvalue weighted by molar-refractivity contribution is -0.116. The molecular formula is C26H33FN2O5S. The lowest BCUT2D eigenvalue weighted by Crippen LogP contribution is -2.21. The molecule has 2 aromatic rings. The fourth-order valence-electron chi connectivity index (χ4n) is 3.12. The van der Waals surface area contributed by atoms with Gasteiger partial charge in [0.05, 0.1) is 11.9 Å². The molecule has 0 aliphatic carbocycles. The second-order valence-corrected chi connectivity index (χ2v) is 10.8. The number of methoxy groups -OCH3 is 1. The van der Waals surface area contributed by atoms with Gasteiger partial charge in [0, 0.05) is 30.9 Å². The number of amides is 1. The summed E-state index contributed by atoms with van der Waals surface area (Å²) in [6, 6.07) is 8.50.